The highest BCUT2D eigenvalue weighted by molar-refractivity contribution is 5.35. The standard InChI is InChI=1S/C17H18FNO/c18-16-7-13(10-19)8-17(9-16)20-11-12-4-5-14-2-1-3-15(14)6-12/h4-9H,1-3,10-11,19H2. The maximum absolute atomic E-state index is 13.4. The minimum atomic E-state index is -0.308. The van der Waals surface area contributed by atoms with Gasteiger partial charge in [-0.1, -0.05) is 18.2 Å². The Labute approximate surface area is 118 Å². The third kappa shape index (κ3) is 2.83. The first-order valence-electron chi connectivity index (χ1n) is 6.97. The smallest absolute Gasteiger partial charge is 0.127 e. The molecule has 0 saturated carbocycles. The first-order valence-corrected chi connectivity index (χ1v) is 6.97. The van der Waals surface area contributed by atoms with Gasteiger partial charge in [0, 0.05) is 12.6 Å². The molecule has 1 aliphatic rings. The van der Waals surface area contributed by atoms with Crippen LogP contribution in [0.5, 0.6) is 5.75 Å². The number of ether oxygens (including phenoxy) is 1. The zero-order chi connectivity index (χ0) is 13.9. The Morgan fingerprint density at radius 2 is 1.85 bits per heavy atom. The fourth-order valence-corrected chi connectivity index (χ4v) is 2.70. The Hall–Kier alpha value is -1.87. The van der Waals surface area contributed by atoms with Crippen molar-refractivity contribution in [3.63, 3.8) is 0 Å². The normalized spacial score (nSPS) is 13.3. The summed E-state index contributed by atoms with van der Waals surface area (Å²) >= 11 is 0. The highest BCUT2D eigenvalue weighted by atomic mass is 19.1. The molecule has 0 unspecified atom stereocenters. The largest absolute Gasteiger partial charge is 0.489 e. The van der Waals surface area contributed by atoms with Gasteiger partial charge in [0.05, 0.1) is 0 Å². The molecule has 2 N–H and O–H groups in total. The van der Waals surface area contributed by atoms with Crippen molar-refractivity contribution in [1.29, 1.82) is 0 Å². The van der Waals surface area contributed by atoms with E-state index in [9.17, 15) is 4.39 Å². The average molecular weight is 271 g/mol. The van der Waals surface area contributed by atoms with Crippen molar-refractivity contribution in [2.24, 2.45) is 5.73 Å². The van der Waals surface area contributed by atoms with Crippen molar-refractivity contribution < 1.29 is 9.13 Å². The fourth-order valence-electron chi connectivity index (χ4n) is 2.70. The Morgan fingerprint density at radius 3 is 2.70 bits per heavy atom. The van der Waals surface area contributed by atoms with E-state index in [4.69, 9.17) is 10.5 Å². The summed E-state index contributed by atoms with van der Waals surface area (Å²) in [6, 6.07) is 11.1. The number of rotatable bonds is 4. The van der Waals surface area contributed by atoms with Crippen molar-refractivity contribution >= 4 is 0 Å². The monoisotopic (exact) mass is 271 g/mol. The van der Waals surface area contributed by atoms with Gasteiger partial charge in [-0.15, -0.1) is 0 Å². The summed E-state index contributed by atoms with van der Waals surface area (Å²) in [4.78, 5) is 0. The summed E-state index contributed by atoms with van der Waals surface area (Å²) in [5.74, 6) is 0.225. The minimum Gasteiger partial charge on any atom is -0.489 e. The molecule has 0 heterocycles. The Kier molecular flexibility index (Phi) is 3.70. The second kappa shape index (κ2) is 5.63. The van der Waals surface area contributed by atoms with Crippen LogP contribution in [0.15, 0.2) is 36.4 Å². The number of hydrogen-bond donors (Lipinski definition) is 1. The molecule has 1 aliphatic carbocycles. The van der Waals surface area contributed by atoms with Gasteiger partial charge in [-0.2, -0.15) is 0 Å². The molecular weight excluding hydrogens is 253 g/mol. The summed E-state index contributed by atoms with van der Waals surface area (Å²) in [7, 11) is 0. The van der Waals surface area contributed by atoms with Crippen LogP contribution in [0.2, 0.25) is 0 Å². The van der Waals surface area contributed by atoms with Gasteiger partial charge in [0.1, 0.15) is 18.2 Å². The molecule has 104 valence electrons. The van der Waals surface area contributed by atoms with E-state index in [1.54, 1.807) is 6.07 Å². The van der Waals surface area contributed by atoms with Crippen LogP contribution in [0.3, 0.4) is 0 Å². The van der Waals surface area contributed by atoms with E-state index in [0.717, 1.165) is 17.5 Å². The molecule has 3 rings (SSSR count). The number of halogens is 1. The molecule has 0 saturated heterocycles. The highest BCUT2D eigenvalue weighted by Gasteiger charge is 2.11. The number of aryl methyl sites for hydroxylation is 2. The summed E-state index contributed by atoms with van der Waals surface area (Å²) in [5, 5.41) is 0. The van der Waals surface area contributed by atoms with E-state index >= 15 is 0 Å². The number of fused-ring (bicyclic) bond motifs is 1. The van der Waals surface area contributed by atoms with Gasteiger partial charge < -0.3 is 10.5 Å². The van der Waals surface area contributed by atoms with Crippen LogP contribution >= 0.6 is 0 Å². The molecule has 0 aliphatic heterocycles. The topological polar surface area (TPSA) is 35.2 Å². The molecule has 0 bridgehead atoms. The van der Waals surface area contributed by atoms with Crippen LogP contribution < -0.4 is 10.5 Å². The molecule has 0 spiro atoms. The molecule has 2 aromatic carbocycles. The van der Waals surface area contributed by atoms with Crippen molar-refractivity contribution in [1.82, 2.24) is 0 Å². The quantitative estimate of drug-likeness (QED) is 0.925. The summed E-state index contributed by atoms with van der Waals surface area (Å²) in [5.41, 5.74) is 10.3. The second-order valence-corrected chi connectivity index (χ2v) is 5.24. The lowest BCUT2D eigenvalue weighted by molar-refractivity contribution is 0.304. The van der Waals surface area contributed by atoms with Gasteiger partial charge in [-0.25, -0.2) is 4.39 Å². The predicted molar refractivity (Wildman–Crippen MR) is 77.1 cm³/mol. The van der Waals surface area contributed by atoms with E-state index in [1.165, 1.54) is 36.1 Å². The SMILES string of the molecule is NCc1cc(F)cc(OCc2ccc3c(c2)CCC3)c1. The zero-order valence-corrected chi connectivity index (χ0v) is 11.4. The van der Waals surface area contributed by atoms with Gasteiger partial charge in [-0.3, -0.25) is 0 Å². The number of benzene rings is 2. The number of nitrogens with two attached hydrogens (primary N) is 1. The van der Waals surface area contributed by atoms with Gasteiger partial charge in [0.2, 0.25) is 0 Å². The molecule has 0 aromatic heterocycles. The lowest BCUT2D eigenvalue weighted by Gasteiger charge is -2.09. The van der Waals surface area contributed by atoms with Crippen LogP contribution in [0.25, 0.3) is 0 Å². The van der Waals surface area contributed by atoms with Crippen molar-refractivity contribution in [2.75, 3.05) is 0 Å². The fraction of sp³-hybridized carbons (Fsp3) is 0.294. The molecule has 0 amide bonds. The molecule has 0 radical (unpaired) electrons. The van der Waals surface area contributed by atoms with Gasteiger partial charge in [0.15, 0.2) is 0 Å². The third-order valence-electron chi connectivity index (χ3n) is 3.74. The molecular formula is C17H18FNO. The van der Waals surface area contributed by atoms with Gasteiger partial charge in [0.25, 0.3) is 0 Å². The Bertz CT molecular complexity index is 624. The molecule has 0 atom stereocenters. The minimum absolute atomic E-state index is 0.308. The molecule has 0 fully saturated rings. The van der Waals surface area contributed by atoms with Crippen molar-refractivity contribution in [2.45, 2.75) is 32.4 Å². The zero-order valence-electron chi connectivity index (χ0n) is 11.4. The molecule has 2 nitrogen and oxygen atoms in total. The van der Waals surface area contributed by atoms with Gasteiger partial charge >= 0.3 is 0 Å². The van der Waals surface area contributed by atoms with E-state index in [1.807, 2.05) is 0 Å². The van der Waals surface area contributed by atoms with E-state index in [0.29, 0.717) is 18.9 Å². The van der Waals surface area contributed by atoms with Crippen LogP contribution in [0, 0.1) is 5.82 Å². The summed E-state index contributed by atoms with van der Waals surface area (Å²) < 4.78 is 19.1. The molecule has 2 aromatic rings. The average Bonchev–Trinajstić information content (AvgIpc) is 2.92. The third-order valence-corrected chi connectivity index (χ3v) is 3.74. The Morgan fingerprint density at radius 1 is 1.00 bits per heavy atom. The van der Waals surface area contributed by atoms with Gasteiger partial charge in [-0.05, 0) is 53.6 Å². The van der Waals surface area contributed by atoms with Crippen molar-refractivity contribution in [3.8, 4) is 5.75 Å². The maximum atomic E-state index is 13.4. The first-order chi connectivity index (χ1) is 9.74. The van der Waals surface area contributed by atoms with E-state index < -0.39 is 0 Å². The Balaban J connectivity index is 1.71. The number of hydrogen-bond acceptors (Lipinski definition) is 2. The lowest BCUT2D eigenvalue weighted by atomic mass is 10.1. The molecule has 3 heteroatoms. The first kappa shape index (κ1) is 13.1. The molecule has 20 heavy (non-hydrogen) atoms. The maximum Gasteiger partial charge on any atom is 0.127 e. The van der Waals surface area contributed by atoms with Crippen LogP contribution in [0.4, 0.5) is 4.39 Å². The summed E-state index contributed by atoms with van der Waals surface area (Å²) in [6.07, 6.45) is 3.57. The lowest BCUT2D eigenvalue weighted by Crippen LogP contribution is -2.00. The van der Waals surface area contributed by atoms with E-state index in [-0.39, 0.29) is 5.82 Å². The second-order valence-electron chi connectivity index (χ2n) is 5.24. The predicted octanol–water partition coefficient (Wildman–Crippen LogP) is 3.35. The van der Waals surface area contributed by atoms with Crippen LogP contribution in [0.1, 0.15) is 28.7 Å². The van der Waals surface area contributed by atoms with Crippen LogP contribution in [-0.4, -0.2) is 0 Å². The summed E-state index contributed by atoms with van der Waals surface area (Å²) in [6.45, 7) is 0.772. The van der Waals surface area contributed by atoms with Crippen LogP contribution in [-0.2, 0) is 26.0 Å². The van der Waals surface area contributed by atoms with E-state index in [2.05, 4.69) is 18.2 Å². The highest BCUT2D eigenvalue weighted by Crippen LogP contribution is 2.24. The van der Waals surface area contributed by atoms with Crippen molar-refractivity contribution in [3.05, 3.63) is 64.5 Å².